The molecule has 1 aromatic rings. The van der Waals surface area contributed by atoms with Crippen molar-refractivity contribution < 1.29 is 31.9 Å². The van der Waals surface area contributed by atoms with Crippen molar-refractivity contribution in [2.45, 2.75) is 82.0 Å². The van der Waals surface area contributed by atoms with Crippen molar-refractivity contribution in [2.75, 3.05) is 19.9 Å². The molecule has 234 valence electrons. The minimum Gasteiger partial charge on any atom is -0.493 e. The van der Waals surface area contributed by atoms with Gasteiger partial charge in [-0.2, -0.15) is 0 Å². The van der Waals surface area contributed by atoms with E-state index < -0.39 is 44.2 Å². The van der Waals surface area contributed by atoms with E-state index in [4.69, 9.17) is 4.74 Å². The van der Waals surface area contributed by atoms with Crippen LogP contribution in [0.4, 0.5) is 4.39 Å². The van der Waals surface area contributed by atoms with E-state index in [1.54, 1.807) is 0 Å². The van der Waals surface area contributed by atoms with E-state index in [9.17, 15) is 22.8 Å². The van der Waals surface area contributed by atoms with E-state index in [0.717, 1.165) is 50.8 Å². The Hall–Kier alpha value is -2.95. The lowest BCUT2D eigenvalue weighted by Gasteiger charge is -2.32. The van der Waals surface area contributed by atoms with Crippen LogP contribution < -0.4 is 20.7 Å². The summed E-state index contributed by atoms with van der Waals surface area (Å²) in [5.41, 5.74) is 1.09. The van der Waals surface area contributed by atoms with Crippen LogP contribution in [0.1, 0.15) is 85.9 Å². The summed E-state index contributed by atoms with van der Waals surface area (Å²) >= 11 is 0. The Morgan fingerprint density at radius 3 is 2.33 bits per heavy atom. The van der Waals surface area contributed by atoms with Crippen LogP contribution in [0.2, 0.25) is 0 Å². The van der Waals surface area contributed by atoms with E-state index in [1.165, 1.54) is 18.7 Å². The molecule has 3 amide bonds. The first-order valence-corrected chi connectivity index (χ1v) is 17.3. The molecule has 6 rings (SSSR count). The predicted molar refractivity (Wildman–Crippen MR) is 159 cm³/mol. The zero-order valence-corrected chi connectivity index (χ0v) is 26.1. The fourth-order valence-electron chi connectivity index (χ4n) is 7.17. The Morgan fingerprint density at radius 1 is 1.07 bits per heavy atom. The van der Waals surface area contributed by atoms with Crippen LogP contribution >= 0.6 is 0 Å². The molecule has 0 radical (unpaired) electrons. The third kappa shape index (κ3) is 5.58. The van der Waals surface area contributed by atoms with Crippen molar-refractivity contribution in [3.8, 4) is 5.75 Å². The number of benzene rings is 1. The molecular formula is C32H42FN3O6S. The maximum Gasteiger partial charge on any atom is 0.255 e. The number of carbonyl (C=O) groups excluding carboxylic acids is 3. The number of rotatable bonds is 11. The second-order valence-electron chi connectivity index (χ2n) is 13.9. The Morgan fingerprint density at radius 2 is 1.74 bits per heavy atom. The first-order valence-electron chi connectivity index (χ1n) is 15.4. The molecule has 2 bridgehead atoms. The number of hydrogen-bond acceptors (Lipinski definition) is 6. The van der Waals surface area contributed by atoms with Gasteiger partial charge >= 0.3 is 0 Å². The summed E-state index contributed by atoms with van der Waals surface area (Å²) in [5, 5.41) is 8.91. The molecule has 11 heteroatoms. The molecule has 43 heavy (non-hydrogen) atoms. The highest BCUT2D eigenvalue weighted by Gasteiger charge is 2.56. The maximum atomic E-state index is 15.2. The number of fused-ring (bicyclic) bond motifs is 2. The van der Waals surface area contributed by atoms with Crippen LogP contribution in [0.5, 0.6) is 5.75 Å². The predicted octanol–water partition coefficient (Wildman–Crippen LogP) is 3.54. The summed E-state index contributed by atoms with van der Waals surface area (Å²) in [6, 6.07) is 1.80. The monoisotopic (exact) mass is 615 g/mol. The summed E-state index contributed by atoms with van der Waals surface area (Å²) < 4.78 is 43.7. The van der Waals surface area contributed by atoms with Crippen molar-refractivity contribution in [1.29, 1.82) is 0 Å². The van der Waals surface area contributed by atoms with Gasteiger partial charge in [-0.25, -0.2) is 12.8 Å². The minimum atomic E-state index is -3.37. The van der Waals surface area contributed by atoms with Crippen LogP contribution in [-0.2, 0) is 14.6 Å². The molecule has 5 aliphatic carbocycles. The highest BCUT2D eigenvalue weighted by Crippen LogP contribution is 2.55. The van der Waals surface area contributed by atoms with Gasteiger partial charge in [0.15, 0.2) is 21.4 Å². The van der Waals surface area contributed by atoms with Gasteiger partial charge in [-0.3, -0.25) is 14.4 Å². The van der Waals surface area contributed by atoms with Crippen LogP contribution in [0.3, 0.4) is 0 Å². The topological polar surface area (TPSA) is 131 Å². The summed E-state index contributed by atoms with van der Waals surface area (Å²) in [5.74, 6) is -2.38. The second-order valence-corrected chi connectivity index (χ2v) is 16.3. The van der Waals surface area contributed by atoms with Gasteiger partial charge in [0.25, 0.3) is 11.8 Å². The van der Waals surface area contributed by atoms with Crippen LogP contribution in [-0.4, -0.2) is 62.9 Å². The molecule has 5 aliphatic rings. The molecule has 5 fully saturated rings. The van der Waals surface area contributed by atoms with Gasteiger partial charge in [-0.05, 0) is 87.7 Å². The summed E-state index contributed by atoms with van der Waals surface area (Å²) in [6.45, 7) is 4.12. The van der Waals surface area contributed by atoms with Crippen LogP contribution in [0.25, 0.3) is 0 Å². The van der Waals surface area contributed by atoms with Crippen molar-refractivity contribution in [2.24, 2.45) is 29.1 Å². The van der Waals surface area contributed by atoms with E-state index in [-0.39, 0.29) is 52.6 Å². The van der Waals surface area contributed by atoms with Crippen molar-refractivity contribution in [1.82, 2.24) is 16.0 Å². The van der Waals surface area contributed by atoms with Crippen molar-refractivity contribution in [3.05, 3.63) is 40.7 Å². The Labute approximate surface area is 252 Å². The van der Waals surface area contributed by atoms with Gasteiger partial charge < -0.3 is 20.7 Å². The lowest BCUT2D eigenvalue weighted by Crippen LogP contribution is -2.52. The van der Waals surface area contributed by atoms with Crippen LogP contribution in [0, 0.1) is 34.9 Å². The molecule has 0 aromatic heterocycles. The Kier molecular flexibility index (Phi) is 7.41. The SMILES string of the molecule is COc1c(F)cc(C(=O)NCC2(S(C)(=O)=O)CC2)cc1C(=O)N[C@H]1[C@@H](C(=O)N[C@H](C)C2(C)CC2)[C@H]2CC[C@@H]1/C2=C\C1CC1. The number of nitrogens with one attached hydrogen (secondary N) is 3. The normalized spacial score (nSPS) is 29.6. The number of halogens is 1. The first-order chi connectivity index (χ1) is 20.3. The van der Waals surface area contributed by atoms with Crippen LogP contribution in [0.15, 0.2) is 23.8 Å². The molecule has 0 spiro atoms. The Balaban J connectivity index is 1.24. The fraction of sp³-hybridized carbons (Fsp3) is 0.656. The average Bonchev–Trinajstić information content (AvgIpc) is 3.86. The molecule has 0 heterocycles. The number of allylic oxidation sites excluding steroid dienone is 1. The van der Waals surface area contributed by atoms with Gasteiger partial charge in [-0.1, -0.05) is 18.6 Å². The molecule has 0 unspecified atom stereocenters. The zero-order chi connectivity index (χ0) is 30.9. The van der Waals surface area contributed by atoms with Gasteiger partial charge in [0.05, 0.1) is 23.3 Å². The van der Waals surface area contributed by atoms with E-state index in [0.29, 0.717) is 18.8 Å². The number of ether oxygens (including phenoxy) is 1. The number of amides is 3. The van der Waals surface area contributed by atoms with Gasteiger partial charge in [0, 0.05) is 36.4 Å². The zero-order valence-electron chi connectivity index (χ0n) is 25.3. The van der Waals surface area contributed by atoms with Crippen molar-refractivity contribution in [3.63, 3.8) is 0 Å². The number of methoxy groups -OCH3 is 1. The third-order valence-corrected chi connectivity index (χ3v) is 13.0. The largest absolute Gasteiger partial charge is 0.493 e. The molecule has 5 atom stereocenters. The van der Waals surface area contributed by atoms with Gasteiger partial charge in [0.1, 0.15) is 0 Å². The maximum absolute atomic E-state index is 15.2. The number of hydrogen-bond donors (Lipinski definition) is 3. The van der Waals surface area contributed by atoms with Crippen molar-refractivity contribution >= 4 is 27.6 Å². The fourth-order valence-corrected chi connectivity index (χ4v) is 8.34. The van der Waals surface area contributed by atoms with E-state index in [2.05, 4.69) is 29.0 Å². The highest BCUT2D eigenvalue weighted by atomic mass is 32.2. The first kappa shape index (κ1) is 30.1. The molecule has 0 saturated heterocycles. The quantitative estimate of drug-likeness (QED) is 0.327. The smallest absolute Gasteiger partial charge is 0.255 e. The highest BCUT2D eigenvalue weighted by molar-refractivity contribution is 7.92. The number of carbonyl (C=O) groups is 3. The molecule has 3 N–H and O–H groups in total. The molecule has 0 aliphatic heterocycles. The molecule has 9 nitrogen and oxygen atoms in total. The summed E-state index contributed by atoms with van der Waals surface area (Å²) in [6.07, 6.45) is 10.5. The minimum absolute atomic E-state index is 0.0187. The van der Waals surface area contributed by atoms with Gasteiger partial charge in [-0.15, -0.1) is 0 Å². The van der Waals surface area contributed by atoms with E-state index in [1.807, 2.05) is 6.92 Å². The van der Waals surface area contributed by atoms with Gasteiger partial charge in [0.2, 0.25) is 5.91 Å². The lowest BCUT2D eigenvalue weighted by atomic mass is 9.83. The summed E-state index contributed by atoms with van der Waals surface area (Å²) in [4.78, 5) is 40.6. The lowest BCUT2D eigenvalue weighted by molar-refractivity contribution is -0.128. The average molecular weight is 616 g/mol. The third-order valence-electron chi connectivity index (χ3n) is 10.9. The molecule has 5 saturated carbocycles. The standard InChI is InChI=1S/C32H42FN3O6S/c1-17(31(2)9-10-31)35-30(39)25-20-7-8-21(22(20)13-18-5-6-18)26(25)36-29(38)23-14-19(15-24(33)27(23)42-3)28(37)34-16-32(11-12-32)43(4,40)41/h13-15,17-18,20-21,25-26H,5-12,16H2,1-4H3,(H,34,37)(H,35,39)(H,36,38)/b22-13-/t17-,20+,21-,25+,26-/m1/s1. The van der Waals surface area contributed by atoms with E-state index >= 15 is 4.39 Å². The molecular weight excluding hydrogens is 573 g/mol. The second kappa shape index (κ2) is 10.6. The number of sulfone groups is 1. The Bertz CT molecular complexity index is 1490. The molecule has 1 aromatic carbocycles. The summed E-state index contributed by atoms with van der Waals surface area (Å²) in [7, 11) is -2.12.